The van der Waals surface area contributed by atoms with Gasteiger partial charge in [-0.1, -0.05) is 19.9 Å². The summed E-state index contributed by atoms with van der Waals surface area (Å²) in [7, 11) is 0. The lowest BCUT2D eigenvalue weighted by Gasteiger charge is -2.48. The van der Waals surface area contributed by atoms with Gasteiger partial charge in [0.2, 0.25) is 0 Å². The van der Waals surface area contributed by atoms with Crippen LogP contribution >= 0.6 is 0 Å². The summed E-state index contributed by atoms with van der Waals surface area (Å²) in [5.74, 6) is 0. The van der Waals surface area contributed by atoms with Gasteiger partial charge in [-0.15, -0.1) is 0 Å². The lowest BCUT2D eigenvalue weighted by atomic mass is 9.96. The number of hydroxylamine groups is 2. The summed E-state index contributed by atoms with van der Waals surface area (Å²) in [4.78, 5) is 2.35. The number of hydrogen-bond donors (Lipinski definition) is 0. The van der Waals surface area contributed by atoms with Crippen molar-refractivity contribution in [3.63, 3.8) is 0 Å². The highest BCUT2D eigenvalue weighted by Gasteiger charge is 2.39. The van der Waals surface area contributed by atoms with Crippen LogP contribution in [0, 0.1) is 5.21 Å². The minimum atomic E-state index is -0.369. The molecule has 1 heterocycles. The molecular formula is C13H25N2O-. The summed E-state index contributed by atoms with van der Waals surface area (Å²) < 4.78 is 0. The van der Waals surface area contributed by atoms with Crippen molar-refractivity contribution >= 4 is 0 Å². The van der Waals surface area contributed by atoms with Gasteiger partial charge in [-0.25, -0.2) is 0 Å². The molecule has 0 aromatic carbocycles. The van der Waals surface area contributed by atoms with Crippen LogP contribution in [0.5, 0.6) is 0 Å². The van der Waals surface area contributed by atoms with E-state index in [2.05, 4.69) is 24.8 Å². The number of rotatable bonds is 4. The molecule has 3 heteroatoms. The van der Waals surface area contributed by atoms with E-state index < -0.39 is 0 Å². The molecule has 0 saturated heterocycles. The van der Waals surface area contributed by atoms with E-state index in [-0.39, 0.29) is 11.1 Å². The summed E-state index contributed by atoms with van der Waals surface area (Å²) in [6.45, 7) is 15.3. The molecule has 0 fully saturated rings. The van der Waals surface area contributed by atoms with Crippen LogP contribution in [0.4, 0.5) is 0 Å². The van der Waals surface area contributed by atoms with Crippen LogP contribution in [0.2, 0.25) is 0 Å². The van der Waals surface area contributed by atoms with Crippen molar-refractivity contribution in [2.45, 2.75) is 52.6 Å². The highest BCUT2D eigenvalue weighted by molar-refractivity contribution is 5.32. The average molecular weight is 225 g/mol. The van der Waals surface area contributed by atoms with Gasteiger partial charge in [-0.3, -0.25) is 4.90 Å². The van der Waals surface area contributed by atoms with E-state index in [1.54, 1.807) is 0 Å². The Hall–Kier alpha value is -0.380. The molecule has 0 spiro atoms. The molecule has 0 N–H and O–H groups in total. The maximum Gasteiger partial charge on any atom is 0.0267 e. The first-order chi connectivity index (χ1) is 7.25. The standard InChI is InChI=1S/C13H25N2O/c1-7-14(8-2)10-11-9-12(3,4)15(16)13(11,5)6/h9H,7-8,10H2,1-6H3/q-1. The molecule has 1 rings (SSSR count). The van der Waals surface area contributed by atoms with Crippen LogP contribution in [0.25, 0.3) is 0 Å². The molecule has 0 radical (unpaired) electrons. The van der Waals surface area contributed by atoms with Crippen LogP contribution in [0.1, 0.15) is 41.5 Å². The van der Waals surface area contributed by atoms with Crippen LogP contribution in [-0.2, 0) is 0 Å². The van der Waals surface area contributed by atoms with Crippen LogP contribution in [-0.4, -0.2) is 40.7 Å². The first kappa shape index (κ1) is 13.7. The lowest BCUT2D eigenvalue weighted by Crippen LogP contribution is -2.47. The van der Waals surface area contributed by atoms with E-state index in [9.17, 15) is 5.21 Å². The molecule has 94 valence electrons. The van der Waals surface area contributed by atoms with Crippen molar-refractivity contribution in [3.05, 3.63) is 16.9 Å². The highest BCUT2D eigenvalue weighted by atomic mass is 16.5. The summed E-state index contributed by atoms with van der Waals surface area (Å²) in [6, 6.07) is 0. The first-order valence-corrected chi connectivity index (χ1v) is 6.17. The van der Waals surface area contributed by atoms with Gasteiger partial charge < -0.3 is 10.3 Å². The first-order valence-electron chi connectivity index (χ1n) is 6.17. The molecule has 0 amide bonds. The van der Waals surface area contributed by atoms with Gasteiger partial charge in [-0.2, -0.15) is 0 Å². The Labute approximate surface area is 99.7 Å². The zero-order chi connectivity index (χ0) is 12.6. The van der Waals surface area contributed by atoms with Gasteiger partial charge in [0.15, 0.2) is 0 Å². The molecule has 1 aliphatic rings. The number of hydrogen-bond acceptors (Lipinski definition) is 3. The predicted molar refractivity (Wildman–Crippen MR) is 69.2 cm³/mol. The van der Waals surface area contributed by atoms with Gasteiger partial charge in [-0.05, 0) is 46.4 Å². The molecule has 0 aromatic heterocycles. The fourth-order valence-corrected chi connectivity index (χ4v) is 2.44. The van der Waals surface area contributed by atoms with Crippen molar-refractivity contribution in [1.29, 1.82) is 0 Å². The topological polar surface area (TPSA) is 29.5 Å². The van der Waals surface area contributed by atoms with Crippen molar-refractivity contribution in [1.82, 2.24) is 9.96 Å². The minimum Gasteiger partial charge on any atom is -0.784 e. The maximum atomic E-state index is 12.2. The van der Waals surface area contributed by atoms with Crippen LogP contribution < -0.4 is 0 Å². The van der Waals surface area contributed by atoms with E-state index in [1.807, 2.05) is 27.7 Å². The van der Waals surface area contributed by atoms with Gasteiger partial charge in [0.05, 0.1) is 0 Å². The van der Waals surface area contributed by atoms with E-state index in [0.717, 1.165) is 19.6 Å². The summed E-state index contributed by atoms with van der Waals surface area (Å²) >= 11 is 0. The van der Waals surface area contributed by atoms with Gasteiger partial charge in [0.1, 0.15) is 0 Å². The summed E-state index contributed by atoms with van der Waals surface area (Å²) in [6.07, 6.45) is 2.14. The molecule has 0 aromatic rings. The molecule has 3 nitrogen and oxygen atoms in total. The molecule has 0 aliphatic carbocycles. The number of nitrogens with zero attached hydrogens (tertiary/aromatic N) is 2. The summed E-state index contributed by atoms with van der Waals surface area (Å²) in [5.41, 5.74) is 0.508. The predicted octanol–water partition coefficient (Wildman–Crippen LogP) is 2.63. The normalized spacial score (nSPS) is 23.9. The Morgan fingerprint density at radius 1 is 1.19 bits per heavy atom. The van der Waals surface area contributed by atoms with E-state index in [0.29, 0.717) is 0 Å². The molecule has 0 bridgehead atoms. The zero-order valence-electron chi connectivity index (χ0n) is 11.5. The van der Waals surface area contributed by atoms with E-state index in [1.165, 1.54) is 10.6 Å². The molecule has 0 atom stereocenters. The minimum absolute atomic E-state index is 0.369. The van der Waals surface area contributed by atoms with Crippen molar-refractivity contribution in [2.24, 2.45) is 0 Å². The second-order valence-electron chi connectivity index (χ2n) is 5.64. The van der Waals surface area contributed by atoms with Gasteiger partial charge in [0, 0.05) is 17.6 Å². The Morgan fingerprint density at radius 2 is 1.69 bits per heavy atom. The number of likely N-dealkylation sites (N-methyl/N-ethyl adjacent to an activating group) is 1. The molecular weight excluding hydrogens is 200 g/mol. The molecule has 0 saturated carbocycles. The monoisotopic (exact) mass is 225 g/mol. The maximum absolute atomic E-state index is 12.2. The molecule has 1 aliphatic heterocycles. The Balaban J connectivity index is 2.88. The van der Waals surface area contributed by atoms with Crippen molar-refractivity contribution < 1.29 is 0 Å². The van der Waals surface area contributed by atoms with Gasteiger partial charge >= 0.3 is 0 Å². The SMILES string of the molecule is CCN(CC)CC1=CC(C)(C)N([O-])C1(C)C. The fraction of sp³-hybridized carbons (Fsp3) is 0.846. The fourth-order valence-electron chi connectivity index (χ4n) is 2.44. The largest absolute Gasteiger partial charge is 0.784 e. The van der Waals surface area contributed by atoms with Crippen molar-refractivity contribution in [3.8, 4) is 0 Å². The van der Waals surface area contributed by atoms with Gasteiger partial charge in [0.25, 0.3) is 0 Å². The third-order valence-corrected chi connectivity index (χ3v) is 3.63. The highest BCUT2D eigenvalue weighted by Crippen LogP contribution is 2.39. The Kier molecular flexibility index (Phi) is 3.83. The summed E-state index contributed by atoms with van der Waals surface area (Å²) in [5, 5.41) is 13.4. The second-order valence-corrected chi connectivity index (χ2v) is 5.64. The van der Waals surface area contributed by atoms with E-state index >= 15 is 0 Å². The van der Waals surface area contributed by atoms with Crippen molar-refractivity contribution in [2.75, 3.05) is 19.6 Å². The average Bonchev–Trinajstić information content (AvgIpc) is 2.36. The third kappa shape index (κ3) is 2.31. The van der Waals surface area contributed by atoms with Crippen LogP contribution in [0.3, 0.4) is 0 Å². The van der Waals surface area contributed by atoms with E-state index in [4.69, 9.17) is 0 Å². The molecule has 0 unspecified atom stereocenters. The lowest BCUT2D eigenvalue weighted by molar-refractivity contribution is 0.152. The third-order valence-electron chi connectivity index (χ3n) is 3.63. The Morgan fingerprint density at radius 3 is 2.00 bits per heavy atom. The second kappa shape index (κ2) is 4.47. The van der Waals surface area contributed by atoms with Crippen LogP contribution in [0.15, 0.2) is 11.6 Å². The molecule has 16 heavy (non-hydrogen) atoms. The quantitative estimate of drug-likeness (QED) is 0.689. The Bertz CT molecular complexity index is 278. The smallest absolute Gasteiger partial charge is 0.0267 e. The zero-order valence-corrected chi connectivity index (χ0v) is 11.5.